The normalized spacial score (nSPS) is 16.5. The van der Waals surface area contributed by atoms with Gasteiger partial charge in [0.15, 0.2) is 5.82 Å². The standard InChI is InChI=1S/C50H30N4O/c1-2-13-31-30(12-1)32-14-3-8-21-42(32)53-44-27-37-33-15-4-9-22-43(33)54(45(37)28-38(44)36-18-11-17-35(31)49(36)53)50-48(51-40-19-6-7-20-41(40)52-50)29-24-25-47-39(26-29)34-16-5-10-23-46(34)55-47/h1-28,39,47H. The number of fused-ring (bicyclic) bond motifs is 15. The zero-order valence-corrected chi connectivity index (χ0v) is 29.5. The maximum Gasteiger partial charge on any atom is 0.165 e. The van der Waals surface area contributed by atoms with Gasteiger partial charge in [-0.05, 0) is 59.7 Å². The zero-order valence-electron chi connectivity index (χ0n) is 29.5. The molecule has 5 heteroatoms. The van der Waals surface area contributed by atoms with Crippen LogP contribution in [0.4, 0.5) is 0 Å². The molecule has 10 aromatic rings. The van der Waals surface area contributed by atoms with Gasteiger partial charge in [0.25, 0.3) is 0 Å². The smallest absolute Gasteiger partial charge is 0.165 e. The minimum Gasteiger partial charge on any atom is -0.485 e. The fraction of sp³-hybridized carbons (Fsp3) is 0.0400. The molecule has 55 heavy (non-hydrogen) atoms. The van der Waals surface area contributed by atoms with Crippen LogP contribution in [0, 0.1) is 0 Å². The molecule has 0 fully saturated rings. The summed E-state index contributed by atoms with van der Waals surface area (Å²) in [5, 5.41) is 4.79. The van der Waals surface area contributed by atoms with Crippen molar-refractivity contribution in [3.05, 3.63) is 181 Å². The average molecular weight is 703 g/mol. The highest BCUT2D eigenvalue weighted by Gasteiger charge is 2.34. The number of para-hydroxylation sites is 6. The van der Waals surface area contributed by atoms with Gasteiger partial charge in [-0.2, -0.15) is 0 Å². The summed E-state index contributed by atoms with van der Waals surface area (Å²) in [5.41, 5.74) is 15.6. The van der Waals surface area contributed by atoms with Crippen LogP contribution in [-0.4, -0.2) is 25.2 Å². The molecule has 1 aliphatic carbocycles. The first-order chi connectivity index (χ1) is 27.3. The lowest BCUT2D eigenvalue weighted by molar-refractivity contribution is 0.269. The first kappa shape index (κ1) is 29.2. The molecule has 0 N–H and O–H groups in total. The van der Waals surface area contributed by atoms with E-state index < -0.39 is 0 Å². The Bertz CT molecular complexity index is 3380. The van der Waals surface area contributed by atoms with Gasteiger partial charge in [0.05, 0.1) is 38.8 Å². The van der Waals surface area contributed by atoms with E-state index in [1.807, 2.05) is 18.2 Å². The monoisotopic (exact) mass is 702 g/mol. The summed E-state index contributed by atoms with van der Waals surface area (Å²) in [5.74, 6) is 1.86. The van der Waals surface area contributed by atoms with Gasteiger partial charge in [-0.1, -0.05) is 121 Å². The Hall–Kier alpha value is -7.24. The van der Waals surface area contributed by atoms with E-state index in [0.717, 1.165) is 44.9 Å². The number of ether oxygens (including phenoxy) is 1. The van der Waals surface area contributed by atoms with Gasteiger partial charge in [0, 0.05) is 49.7 Å². The third kappa shape index (κ3) is 3.91. The van der Waals surface area contributed by atoms with Crippen LogP contribution in [0.15, 0.2) is 170 Å². The molecule has 0 saturated heterocycles. The quantitative estimate of drug-likeness (QED) is 0.180. The van der Waals surface area contributed by atoms with Crippen molar-refractivity contribution in [2.24, 2.45) is 0 Å². The van der Waals surface area contributed by atoms with Crippen molar-refractivity contribution < 1.29 is 4.74 Å². The van der Waals surface area contributed by atoms with Gasteiger partial charge >= 0.3 is 0 Å². The van der Waals surface area contributed by atoms with E-state index in [1.165, 1.54) is 66.1 Å². The molecule has 13 rings (SSSR count). The van der Waals surface area contributed by atoms with Gasteiger partial charge in [0.1, 0.15) is 17.5 Å². The topological polar surface area (TPSA) is 44.9 Å². The second-order valence-corrected chi connectivity index (χ2v) is 14.9. The highest BCUT2D eigenvalue weighted by atomic mass is 16.5. The lowest BCUT2D eigenvalue weighted by Crippen LogP contribution is -2.17. The van der Waals surface area contributed by atoms with E-state index in [1.54, 1.807) is 0 Å². The summed E-state index contributed by atoms with van der Waals surface area (Å²) in [7, 11) is 0. The van der Waals surface area contributed by atoms with Crippen LogP contribution in [0.2, 0.25) is 0 Å². The Kier molecular flexibility index (Phi) is 5.68. The molecule has 7 aromatic carbocycles. The molecule has 256 valence electrons. The average Bonchev–Trinajstić information content (AvgIpc) is 3.86. The second-order valence-electron chi connectivity index (χ2n) is 14.9. The molecule has 2 atom stereocenters. The molecule has 3 aliphatic rings. The van der Waals surface area contributed by atoms with Gasteiger partial charge in [-0.15, -0.1) is 0 Å². The lowest BCUT2D eigenvalue weighted by Gasteiger charge is -2.20. The van der Waals surface area contributed by atoms with E-state index >= 15 is 0 Å². The summed E-state index contributed by atoms with van der Waals surface area (Å²) in [6.07, 6.45) is 6.64. The zero-order chi connectivity index (χ0) is 35.8. The molecular weight excluding hydrogens is 673 g/mol. The molecule has 3 aromatic heterocycles. The summed E-state index contributed by atoms with van der Waals surface area (Å²) in [6, 6.07) is 54.5. The number of hydrogen-bond acceptors (Lipinski definition) is 3. The number of aromatic nitrogens is 4. The van der Waals surface area contributed by atoms with Crippen LogP contribution in [-0.2, 0) is 0 Å². The SMILES string of the molecule is C1=CC2Oc3ccccc3C2C=C1c1nc2ccccc2nc1-n1c2ccccc2c2cc3c(cc21)c1cccc2c1n3-c1ccccc1-c1ccccc1-2. The molecule has 0 spiro atoms. The van der Waals surface area contributed by atoms with Gasteiger partial charge in [-0.3, -0.25) is 4.57 Å². The molecule has 5 nitrogen and oxygen atoms in total. The summed E-state index contributed by atoms with van der Waals surface area (Å²) >= 11 is 0. The van der Waals surface area contributed by atoms with Crippen molar-refractivity contribution >= 4 is 60.2 Å². The molecular formula is C50H30N4O. The van der Waals surface area contributed by atoms with Crippen LogP contribution in [0.1, 0.15) is 17.2 Å². The molecule has 0 saturated carbocycles. The number of nitrogens with zero attached hydrogens (tertiary/aromatic N) is 4. The van der Waals surface area contributed by atoms with Gasteiger partial charge in [0.2, 0.25) is 0 Å². The van der Waals surface area contributed by atoms with Crippen LogP contribution >= 0.6 is 0 Å². The molecule has 0 bridgehead atoms. The highest BCUT2D eigenvalue weighted by molar-refractivity contribution is 6.22. The fourth-order valence-electron chi connectivity index (χ4n) is 9.62. The lowest BCUT2D eigenvalue weighted by atomic mass is 9.88. The Morgan fingerprint density at radius 3 is 2.05 bits per heavy atom. The predicted molar refractivity (Wildman–Crippen MR) is 223 cm³/mol. The van der Waals surface area contributed by atoms with Gasteiger partial charge < -0.3 is 9.30 Å². The first-order valence-electron chi connectivity index (χ1n) is 18.9. The van der Waals surface area contributed by atoms with Crippen molar-refractivity contribution in [3.8, 4) is 39.5 Å². The molecule has 2 unspecified atom stereocenters. The first-order valence-corrected chi connectivity index (χ1v) is 18.9. The van der Waals surface area contributed by atoms with Crippen molar-refractivity contribution in [2.45, 2.75) is 12.0 Å². The Balaban J connectivity index is 1.14. The van der Waals surface area contributed by atoms with E-state index in [0.29, 0.717) is 0 Å². The van der Waals surface area contributed by atoms with Crippen molar-refractivity contribution in [2.75, 3.05) is 0 Å². The second kappa shape index (κ2) is 10.7. The Morgan fingerprint density at radius 1 is 0.509 bits per heavy atom. The largest absolute Gasteiger partial charge is 0.485 e. The van der Waals surface area contributed by atoms with E-state index in [9.17, 15) is 0 Å². The van der Waals surface area contributed by atoms with Crippen molar-refractivity contribution in [1.29, 1.82) is 0 Å². The summed E-state index contributed by atoms with van der Waals surface area (Å²) in [6.45, 7) is 0. The maximum atomic E-state index is 6.36. The fourth-order valence-corrected chi connectivity index (χ4v) is 9.62. The van der Waals surface area contributed by atoms with Crippen molar-refractivity contribution in [1.82, 2.24) is 19.1 Å². The minimum atomic E-state index is -0.0364. The molecule has 5 heterocycles. The predicted octanol–water partition coefficient (Wildman–Crippen LogP) is 12.0. The number of hydrogen-bond donors (Lipinski definition) is 0. The molecule has 2 aliphatic heterocycles. The summed E-state index contributed by atoms with van der Waals surface area (Å²) in [4.78, 5) is 10.9. The van der Waals surface area contributed by atoms with Crippen LogP contribution < -0.4 is 4.74 Å². The summed E-state index contributed by atoms with van der Waals surface area (Å²) < 4.78 is 11.2. The minimum absolute atomic E-state index is 0.0364. The number of rotatable bonds is 2. The van der Waals surface area contributed by atoms with Crippen LogP contribution in [0.5, 0.6) is 5.75 Å². The number of allylic oxidation sites excluding steroid dienone is 2. The van der Waals surface area contributed by atoms with E-state index in [2.05, 4.69) is 161 Å². The Morgan fingerprint density at radius 2 is 1.16 bits per heavy atom. The number of benzene rings is 7. The van der Waals surface area contributed by atoms with Gasteiger partial charge in [-0.25, -0.2) is 9.97 Å². The molecule has 0 amide bonds. The highest BCUT2D eigenvalue weighted by Crippen LogP contribution is 2.49. The van der Waals surface area contributed by atoms with Crippen LogP contribution in [0.25, 0.3) is 94.0 Å². The molecule has 0 radical (unpaired) electrons. The van der Waals surface area contributed by atoms with Crippen LogP contribution in [0.3, 0.4) is 0 Å². The third-order valence-electron chi connectivity index (χ3n) is 12.0. The van der Waals surface area contributed by atoms with E-state index in [-0.39, 0.29) is 12.0 Å². The Labute approximate surface area is 315 Å². The van der Waals surface area contributed by atoms with Crippen molar-refractivity contribution in [3.63, 3.8) is 0 Å². The maximum absolute atomic E-state index is 6.36. The third-order valence-corrected chi connectivity index (χ3v) is 12.0. The van der Waals surface area contributed by atoms with E-state index in [4.69, 9.17) is 14.7 Å².